The topological polar surface area (TPSA) is 64.6 Å². The fourth-order valence-corrected chi connectivity index (χ4v) is 5.02. The Labute approximate surface area is 180 Å². The van der Waals surface area contributed by atoms with Crippen LogP contribution in [0.3, 0.4) is 0 Å². The van der Waals surface area contributed by atoms with Crippen LogP contribution in [0.15, 0.2) is 60.7 Å². The molecular formula is C26H21NO4. The van der Waals surface area contributed by atoms with Crippen LogP contribution in [0, 0.1) is 12.8 Å². The smallest absolute Gasteiger partial charge is 0.205 e. The van der Waals surface area contributed by atoms with E-state index in [1.54, 1.807) is 30.3 Å². The Morgan fingerprint density at radius 1 is 0.903 bits per heavy atom. The van der Waals surface area contributed by atoms with Crippen LogP contribution in [0.2, 0.25) is 0 Å². The summed E-state index contributed by atoms with van der Waals surface area (Å²) in [5.74, 6) is 0.679. The van der Waals surface area contributed by atoms with Crippen molar-refractivity contribution in [1.82, 2.24) is 0 Å². The van der Waals surface area contributed by atoms with Crippen molar-refractivity contribution in [3.63, 3.8) is 0 Å². The Balaban J connectivity index is 1.47. The molecule has 154 valence electrons. The number of fused-ring (bicyclic) bond motifs is 4. The van der Waals surface area contributed by atoms with E-state index in [9.17, 15) is 9.59 Å². The molecular weight excluding hydrogens is 390 g/mol. The van der Waals surface area contributed by atoms with Crippen LogP contribution in [0.1, 0.15) is 55.4 Å². The minimum absolute atomic E-state index is 0.0808. The molecule has 2 heterocycles. The van der Waals surface area contributed by atoms with Gasteiger partial charge in [-0.2, -0.15) is 0 Å². The van der Waals surface area contributed by atoms with E-state index in [2.05, 4.69) is 18.3 Å². The average Bonchev–Trinajstić information content (AvgIpc) is 3.26. The fraction of sp³-hybridized carbons (Fsp3) is 0.231. The van der Waals surface area contributed by atoms with E-state index in [1.165, 1.54) is 0 Å². The molecule has 1 fully saturated rings. The highest BCUT2D eigenvalue weighted by Gasteiger charge is 2.43. The predicted octanol–water partition coefficient (Wildman–Crippen LogP) is 4.68. The number of nitrogens with one attached hydrogen (secondary N) is 1. The van der Waals surface area contributed by atoms with Gasteiger partial charge >= 0.3 is 0 Å². The Bertz CT molecular complexity index is 1250. The van der Waals surface area contributed by atoms with Crippen LogP contribution in [-0.4, -0.2) is 24.5 Å². The number of carbonyl (C=O) groups excluding carboxylic acids is 2. The lowest BCUT2D eigenvalue weighted by atomic mass is 9.82. The molecule has 5 nitrogen and oxygen atoms in total. The van der Waals surface area contributed by atoms with Gasteiger partial charge in [-0.1, -0.05) is 54.1 Å². The summed E-state index contributed by atoms with van der Waals surface area (Å²) in [5, 5.41) is 3.61. The summed E-state index contributed by atoms with van der Waals surface area (Å²) in [5.41, 5.74) is 4.69. The number of benzene rings is 3. The molecule has 2 aliphatic heterocycles. The van der Waals surface area contributed by atoms with E-state index in [1.807, 2.05) is 24.3 Å². The largest absolute Gasteiger partial charge is 0.464 e. The quantitative estimate of drug-likeness (QED) is 0.519. The number of carbonyl (C=O) groups is 2. The first-order valence-electron chi connectivity index (χ1n) is 10.6. The summed E-state index contributed by atoms with van der Waals surface area (Å²) in [4.78, 5) is 26.5. The maximum Gasteiger partial charge on any atom is 0.205 e. The molecule has 0 amide bonds. The van der Waals surface area contributed by atoms with Crippen molar-refractivity contribution in [2.75, 3.05) is 11.9 Å². The third-order valence-corrected chi connectivity index (χ3v) is 6.52. The Hall–Kier alpha value is -3.44. The number of ether oxygens (including phenoxy) is 2. The van der Waals surface area contributed by atoms with Crippen molar-refractivity contribution in [2.24, 2.45) is 5.92 Å². The number of anilines is 1. The summed E-state index contributed by atoms with van der Waals surface area (Å²) in [7, 11) is 0. The molecule has 3 aliphatic rings. The molecule has 0 aromatic heterocycles. The van der Waals surface area contributed by atoms with Gasteiger partial charge in [0.2, 0.25) is 6.29 Å². The van der Waals surface area contributed by atoms with Crippen LogP contribution >= 0.6 is 0 Å². The molecule has 1 saturated heterocycles. The van der Waals surface area contributed by atoms with Crippen molar-refractivity contribution in [1.29, 1.82) is 0 Å². The summed E-state index contributed by atoms with van der Waals surface area (Å²) in [6, 6.07) is 18.5. The average molecular weight is 411 g/mol. The molecule has 5 heteroatoms. The number of hydrogen-bond donors (Lipinski definition) is 1. The van der Waals surface area contributed by atoms with Crippen molar-refractivity contribution in [3.8, 4) is 5.75 Å². The lowest BCUT2D eigenvalue weighted by molar-refractivity contribution is -0.0748. The van der Waals surface area contributed by atoms with E-state index in [-0.39, 0.29) is 29.8 Å². The van der Waals surface area contributed by atoms with E-state index in [4.69, 9.17) is 9.47 Å². The van der Waals surface area contributed by atoms with Gasteiger partial charge in [-0.05, 0) is 25.5 Å². The van der Waals surface area contributed by atoms with Gasteiger partial charge in [-0.3, -0.25) is 9.59 Å². The van der Waals surface area contributed by atoms with Crippen LogP contribution in [0.25, 0.3) is 0 Å². The van der Waals surface area contributed by atoms with Crippen molar-refractivity contribution in [2.45, 2.75) is 25.7 Å². The molecule has 0 radical (unpaired) electrons. The first-order chi connectivity index (χ1) is 15.1. The van der Waals surface area contributed by atoms with E-state index in [0.29, 0.717) is 34.5 Å². The molecule has 3 atom stereocenters. The summed E-state index contributed by atoms with van der Waals surface area (Å²) >= 11 is 0. The van der Waals surface area contributed by atoms with E-state index < -0.39 is 0 Å². The second kappa shape index (κ2) is 6.79. The molecule has 0 unspecified atom stereocenters. The molecule has 1 aliphatic carbocycles. The number of aryl methyl sites for hydroxylation is 1. The number of rotatable bonds is 2. The maximum atomic E-state index is 13.4. The van der Waals surface area contributed by atoms with Gasteiger partial charge in [-0.15, -0.1) is 0 Å². The van der Waals surface area contributed by atoms with Crippen molar-refractivity contribution in [3.05, 3.63) is 94.0 Å². The second-order valence-electron chi connectivity index (χ2n) is 8.40. The summed E-state index contributed by atoms with van der Waals surface area (Å²) in [6.07, 6.45) is 0.547. The molecule has 6 rings (SSSR count). The highest BCUT2D eigenvalue weighted by Crippen LogP contribution is 2.46. The molecule has 0 spiro atoms. The van der Waals surface area contributed by atoms with Gasteiger partial charge in [0.15, 0.2) is 11.6 Å². The normalized spacial score (nSPS) is 23.3. The van der Waals surface area contributed by atoms with E-state index >= 15 is 0 Å². The third kappa shape index (κ3) is 2.73. The zero-order chi connectivity index (χ0) is 21.1. The molecule has 1 N–H and O–H groups in total. The van der Waals surface area contributed by atoms with Gasteiger partial charge in [0.05, 0.1) is 18.2 Å². The van der Waals surface area contributed by atoms with Crippen LogP contribution in [0.5, 0.6) is 5.75 Å². The summed E-state index contributed by atoms with van der Waals surface area (Å²) in [6.45, 7) is 2.69. The standard InChI is InChI=1S/C26H21NO4/c1-14-9-10-21-19(13-14)23(18-11-12-30-26(18)31-21)27-20-8-4-7-17-22(20)25(29)16-6-3-2-5-15(16)24(17)28/h2-10,13,18,23,26-27H,11-12H2,1H3/t18-,23+,26+/m1/s1. The number of ketones is 2. The Kier molecular flexibility index (Phi) is 4.02. The molecule has 3 aromatic rings. The minimum atomic E-state index is -0.315. The van der Waals surface area contributed by atoms with Gasteiger partial charge in [0, 0.05) is 33.9 Å². The molecule has 0 saturated carbocycles. The Morgan fingerprint density at radius 3 is 2.52 bits per heavy atom. The first kappa shape index (κ1) is 18.3. The van der Waals surface area contributed by atoms with Crippen LogP contribution in [0.4, 0.5) is 5.69 Å². The highest BCUT2D eigenvalue weighted by molar-refractivity contribution is 6.30. The zero-order valence-corrected chi connectivity index (χ0v) is 17.1. The van der Waals surface area contributed by atoms with Crippen molar-refractivity contribution >= 4 is 17.3 Å². The SMILES string of the molecule is Cc1ccc2c(c1)[C@@H](Nc1cccc3c1C(=O)c1ccccc1C3=O)[C@H]1CCO[C@H]1O2. The first-order valence-corrected chi connectivity index (χ1v) is 10.6. The minimum Gasteiger partial charge on any atom is -0.464 e. The van der Waals surface area contributed by atoms with Gasteiger partial charge in [0.25, 0.3) is 0 Å². The van der Waals surface area contributed by atoms with Gasteiger partial charge in [-0.25, -0.2) is 0 Å². The number of hydrogen-bond acceptors (Lipinski definition) is 5. The molecule has 0 bridgehead atoms. The zero-order valence-electron chi connectivity index (χ0n) is 17.1. The third-order valence-electron chi connectivity index (χ3n) is 6.52. The van der Waals surface area contributed by atoms with Crippen LogP contribution in [-0.2, 0) is 4.74 Å². The summed E-state index contributed by atoms with van der Waals surface area (Å²) < 4.78 is 11.9. The van der Waals surface area contributed by atoms with E-state index in [0.717, 1.165) is 23.3 Å². The fourth-order valence-electron chi connectivity index (χ4n) is 5.02. The Morgan fingerprint density at radius 2 is 1.68 bits per heavy atom. The maximum absolute atomic E-state index is 13.4. The predicted molar refractivity (Wildman–Crippen MR) is 116 cm³/mol. The van der Waals surface area contributed by atoms with Gasteiger partial charge < -0.3 is 14.8 Å². The highest BCUT2D eigenvalue weighted by atomic mass is 16.7. The second-order valence-corrected chi connectivity index (χ2v) is 8.40. The lowest BCUT2D eigenvalue weighted by Gasteiger charge is -2.36. The molecule has 3 aromatic carbocycles. The van der Waals surface area contributed by atoms with Gasteiger partial charge in [0.1, 0.15) is 5.75 Å². The van der Waals surface area contributed by atoms with Crippen LogP contribution < -0.4 is 10.1 Å². The van der Waals surface area contributed by atoms with Crippen molar-refractivity contribution < 1.29 is 19.1 Å². The monoisotopic (exact) mass is 411 g/mol. The lowest BCUT2D eigenvalue weighted by Crippen LogP contribution is -2.37. The molecule has 31 heavy (non-hydrogen) atoms.